The molecule has 0 bridgehead atoms. The molecule has 1 fully saturated rings. The van der Waals surface area contributed by atoms with Gasteiger partial charge in [-0.15, -0.1) is 0 Å². The minimum absolute atomic E-state index is 0.133. The summed E-state index contributed by atoms with van der Waals surface area (Å²) in [5, 5.41) is 6.84. The van der Waals surface area contributed by atoms with Crippen LogP contribution < -0.4 is 10.6 Å². The largest absolute Gasteiger partial charge is 0.381 e. The molecule has 0 saturated carbocycles. The fourth-order valence-corrected chi connectivity index (χ4v) is 2.84. The van der Waals surface area contributed by atoms with Gasteiger partial charge >= 0.3 is 0 Å². The minimum Gasteiger partial charge on any atom is -0.381 e. The highest BCUT2D eigenvalue weighted by Crippen LogP contribution is 2.34. The molecule has 21 heavy (non-hydrogen) atoms. The van der Waals surface area contributed by atoms with Crippen LogP contribution in [0.1, 0.15) is 32.3 Å². The summed E-state index contributed by atoms with van der Waals surface area (Å²) in [5.74, 6) is 0.867. The van der Waals surface area contributed by atoms with Crippen LogP contribution in [-0.4, -0.2) is 38.8 Å². The lowest BCUT2D eigenvalue weighted by atomic mass is 9.74. The molecule has 4 heteroatoms. The maximum absolute atomic E-state index is 5.57. The average Bonchev–Trinajstić information content (AvgIpc) is 2.53. The van der Waals surface area contributed by atoms with E-state index in [2.05, 4.69) is 59.8 Å². The van der Waals surface area contributed by atoms with E-state index in [-0.39, 0.29) is 5.41 Å². The van der Waals surface area contributed by atoms with Gasteiger partial charge in [0.25, 0.3) is 0 Å². The van der Waals surface area contributed by atoms with E-state index >= 15 is 0 Å². The molecule has 1 heterocycles. The van der Waals surface area contributed by atoms with Crippen LogP contribution in [0.25, 0.3) is 0 Å². The summed E-state index contributed by atoms with van der Waals surface area (Å²) in [7, 11) is 1.82. The first-order chi connectivity index (χ1) is 10.2. The van der Waals surface area contributed by atoms with Gasteiger partial charge in [0.1, 0.15) is 0 Å². The van der Waals surface area contributed by atoms with Crippen LogP contribution in [-0.2, 0) is 10.2 Å². The van der Waals surface area contributed by atoms with Crippen molar-refractivity contribution in [3.05, 3.63) is 35.9 Å². The fraction of sp³-hybridized carbons (Fsp3) is 0.588. The molecular weight excluding hydrogens is 262 g/mol. The molecule has 0 aliphatic carbocycles. The molecule has 4 nitrogen and oxygen atoms in total. The predicted molar refractivity (Wildman–Crippen MR) is 87.8 cm³/mol. The Kier molecular flexibility index (Phi) is 5.62. The number of aliphatic imine (C=N–C) groups is 1. The molecule has 0 aromatic heterocycles. The highest BCUT2D eigenvalue weighted by molar-refractivity contribution is 5.80. The molecule has 0 atom stereocenters. The van der Waals surface area contributed by atoms with Crippen LogP contribution >= 0.6 is 0 Å². The lowest BCUT2D eigenvalue weighted by molar-refractivity contribution is 0.0513. The summed E-state index contributed by atoms with van der Waals surface area (Å²) in [6, 6.07) is 11.1. The van der Waals surface area contributed by atoms with E-state index in [4.69, 9.17) is 4.74 Å². The van der Waals surface area contributed by atoms with Gasteiger partial charge in [0.2, 0.25) is 0 Å². The summed E-state index contributed by atoms with van der Waals surface area (Å²) in [6.45, 7) is 6.77. The Morgan fingerprint density at radius 3 is 2.48 bits per heavy atom. The summed E-state index contributed by atoms with van der Waals surface area (Å²) in [5.41, 5.74) is 1.52. The zero-order valence-corrected chi connectivity index (χ0v) is 13.4. The van der Waals surface area contributed by atoms with Gasteiger partial charge in [0, 0.05) is 38.3 Å². The molecule has 1 aliphatic rings. The third-order valence-electron chi connectivity index (χ3n) is 4.08. The van der Waals surface area contributed by atoms with Gasteiger partial charge in [-0.1, -0.05) is 30.3 Å². The Hall–Kier alpha value is -1.55. The topological polar surface area (TPSA) is 45.7 Å². The first-order valence-corrected chi connectivity index (χ1v) is 7.77. The zero-order chi connectivity index (χ0) is 15.1. The lowest BCUT2D eigenvalue weighted by Crippen LogP contribution is -2.49. The van der Waals surface area contributed by atoms with Crippen molar-refractivity contribution in [2.75, 3.05) is 26.8 Å². The molecule has 2 rings (SSSR count). The molecule has 2 N–H and O–H groups in total. The smallest absolute Gasteiger partial charge is 0.191 e. The van der Waals surface area contributed by atoms with Crippen molar-refractivity contribution in [2.45, 2.75) is 38.1 Å². The van der Waals surface area contributed by atoms with Crippen molar-refractivity contribution in [1.82, 2.24) is 10.6 Å². The normalized spacial score (nSPS) is 18.6. The van der Waals surface area contributed by atoms with E-state index in [0.29, 0.717) is 6.04 Å². The van der Waals surface area contributed by atoms with Crippen LogP contribution in [0.4, 0.5) is 0 Å². The molecule has 1 aromatic carbocycles. The van der Waals surface area contributed by atoms with Gasteiger partial charge in [-0.05, 0) is 32.3 Å². The first kappa shape index (κ1) is 15.8. The Balaban J connectivity index is 2.10. The fourth-order valence-electron chi connectivity index (χ4n) is 2.84. The van der Waals surface area contributed by atoms with Crippen LogP contribution in [0.15, 0.2) is 35.3 Å². The number of hydrogen-bond acceptors (Lipinski definition) is 2. The van der Waals surface area contributed by atoms with E-state index in [0.717, 1.165) is 38.6 Å². The summed E-state index contributed by atoms with van der Waals surface area (Å²) >= 11 is 0. The Labute approximate surface area is 128 Å². The standard InChI is InChI=1S/C17H27N3O/c1-14(2)20-16(18-3)19-13-17(9-11-21-12-10-17)15-7-5-4-6-8-15/h4-8,14H,9-13H2,1-3H3,(H2,18,19,20). The molecule has 0 unspecified atom stereocenters. The van der Waals surface area contributed by atoms with E-state index in [1.54, 1.807) is 0 Å². The Morgan fingerprint density at radius 1 is 1.24 bits per heavy atom. The Morgan fingerprint density at radius 2 is 1.90 bits per heavy atom. The Bertz CT molecular complexity index is 450. The quantitative estimate of drug-likeness (QED) is 0.660. The minimum atomic E-state index is 0.133. The summed E-state index contributed by atoms with van der Waals surface area (Å²) in [6.07, 6.45) is 2.09. The van der Waals surface area contributed by atoms with Crippen molar-refractivity contribution in [3.8, 4) is 0 Å². The lowest BCUT2D eigenvalue weighted by Gasteiger charge is -2.38. The predicted octanol–water partition coefficient (Wildman–Crippen LogP) is 2.31. The SMILES string of the molecule is CN=C(NCC1(c2ccccc2)CCOCC1)NC(C)C. The zero-order valence-electron chi connectivity index (χ0n) is 13.4. The second kappa shape index (κ2) is 7.46. The number of benzene rings is 1. The molecule has 1 aromatic rings. The van der Waals surface area contributed by atoms with E-state index < -0.39 is 0 Å². The highest BCUT2D eigenvalue weighted by atomic mass is 16.5. The van der Waals surface area contributed by atoms with Gasteiger partial charge in [-0.3, -0.25) is 4.99 Å². The molecule has 0 amide bonds. The molecule has 116 valence electrons. The van der Waals surface area contributed by atoms with Gasteiger partial charge in [-0.25, -0.2) is 0 Å². The number of rotatable bonds is 4. The second-order valence-corrected chi connectivity index (χ2v) is 5.98. The van der Waals surface area contributed by atoms with E-state index in [1.165, 1.54) is 5.56 Å². The van der Waals surface area contributed by atoms with Crippen LogP contribution in [0.2, 0.25) is 0 Å². The summed E-state index contributed by atoms with van der Waals surface area (Å²) in [4.78, 5) is 4.30. The average molecular weight is 289 g/mol. The van der Waals surface area contributed by atoms with Gasteiger partial charge in [0.05, 0.1) is 0 Å². The van der Waals surface area contributed by atoms with Crippen LogP contribution in [0.3, 0.4) is 0 Å². The van der Waals surface area contributed by atoms with Crippen molar-refractivity contribution in [3.63, 3.8) is 0 Å². The molecule has 1 saturated heterocycles. The molecular formula is C17H27N3O. The first-order valence-electron chi connectivity index (χ1n) is 7.77. The maximum Gasteiger partial charge on any atom is 0.191 e. The molecule has 0 spiro atoms. The van der Waals surface area contributed by atoms with Crippen molar-refractivity contribution < 1.29 is 4.74 Å². The van der Waals surface area contributed by atoms with Crippen molar-refractivity contribution >= 4 is 5.96 Å². The van der Waals surface area contributed by atoms with Gasteiger partial charge in [-0.2, -0.15) is 0 Å². The number of hydrogen-bond donors (Lipinski definition) is 2. The number of ether oxygens (including phenoxy) is 1. The third-order valence-corrected chi connectivity index (χ3v) is 4.08. The van der Waals surface area contributed by atoms with E-state index in [1.807, 2.05) is 7.05 Å². The number of nitrogens with one attached hydrogen (secondary N) is 2. The van der Waals surface area contributed by atoms with Crippen molar-refractivity contribution in [2.24, 2.45) is 4.99 Å². The maximum atomic E-state index is 5.57. The van der Waals surface area contributed by atoms with Gasteiger partial charge < -0.3 is 15.4 Å². The highest BCUT2D eigenvalue weighted by Gasteiger charge is 2.34. The van der Waals surface area contributed by atoms with Crippen molar-refractivity contribution in [1.29, 1.82) is 0 Å². The van der Waals surface area contributed by atoms with Crippen LogP contribution in [0.5, 0.6) is 0 Å². The molecule has 0 radical (unpaired) electrons. The second-order valence-electron chi connectivity index (χ2n) is 5.98. The molecule has 1 aliphatic heterocycles. The van der Waals surface area contributed by atoms with Crippen LogP contribution in [0, 0.1) is 0 Å². The van der Waals surface area contributed by atoms with Gasteiger partial charge in [0.15, 0.2) is 5.96 Å². The van der Waals surface area contributed by atoms with E-state index in [9.17, 15) is 0 Å². The third kappa shape index (κ3) is 4.21. The number of guanidine groups is 1. The summed E-state index contributed by atoms with van der Waals surface area (Å²) < 4.78 is 5.57. The number of nitrogens with zero attached hydrogens (tertiary/aromatic N) is 1. The monoisotopic (exact) mass is 289 g/mol.